The number of nitrogen functional groups attached to an aromatic ring is 1. The SMILES string of the molecule is Cc1ccnc(N(C)Cc2ccccc2F)c1C(=N)N. The van der Waals surface area contributed by atoms with Crippen molar-refractivity contribution in [3.8, 4) is 0 Å². The maximum Gasteiger partial charge on any atom is 0.139 e. The van der Waals surface area contributed by atoms with E-state index in [0.29, 0.717) is 23.5 Å². The molecule has 0 saturated heterocycles. The molecule has 0 bridgehead atoms. The summed E-state index contributed by atoms with van der Waals surface area (Å²) < 4.78 is 13.7. The lowest BCUT2D eigenvalue weighted by molar-refractivity contribution is 0.607. The summed E-state index contributed by atoms with van der Waals surface area (Å²) >= 11 is 0. The van der Waals surface area contributed by atoms with Crippen LogP contribution in [0.15, 0.2) is 36.5 Å². The maximum atomic E-state index is 13.7. The van der Waals surface area contributed by atoms with E-state index < -0.39 is 0 Å². The van der Waals surface area contributed by atoms with Crippen LogP contribution in [-0.2, 0) is 6.54 Å². The number of hydrogen-bond acceptors (Lipinski definition) is 3. The minimum Gasteiger partial charge on any atom is -0.384 e. The Morgan fingerprint density at radius 3 is 2.70 bits per heavy atom. The summed E-state index contributed by atoms with van der Waals surface area (Å²) in [5.41, 5.74) is 7.66. The summed E-state index contributed by atoms with van der Waals surface area (Å²) in [6.45, 7) is 2.24. The highest BCUT2D eigenvalue weighted by Gasteiger charge is 2.15. The summed E-state index contributed by atoms with van der Waals surface area (Å²) in [7, 11) is 1.81. The number of halogens is 1. The van der Waals surface area contributed by atoms with E-state index in [-0.39, 0.29) is 11.7 Å². The van der Waals surface area contributed by atoms with Crippen LogP contribution < -0.4 is 10.6 Å². The van der Waals surface area contributed by atoms with Crippen molar-refractivity contribution < 1.29 is 4.39 Å². The molecule has 0 amide bonds. The topological polar surface area (TPSA) is 66.0 Å². The highest BCUT2D eigenvalue weighted by Crippen LogP contribution is 2.21. The molecule has 0 radical (unpaired) electrons. The van der Waals surface area contributed by atoms with E-state index in [1.54, 1.807) is 42.4 Å². The Balaban J connectivity index is 2.35. The van der Waals surface area contributed by atoms with E-state index in [1.807, 2.05) is 6.92 Å². The molecule has 0 aliphatic carbocycles. The lowest BCUT2D eigenvalue weighted by atomic mass is 10.1. The Morgan fingerprint density at radius 1 is 1.35 bits per heavy atom. The number of benzene rings is 1. The number of nitrogens with two attached hydrogens (primary N) is 1. The molecule has 0 aliphatic heterocycles. The number of rotatable bonds is 4. The van der Waals surface area contributed by atoms with Gasteiger partial charge in [-0.3, -0.25) is 5.41 Å². The Bertz CT molecular complexity index is 640. The average Bonchev–Trinajstić information content (AvgIpc) is 2.40. The summed E-state index contributed by atoms with van der Waals surface area (Å²) in [5.74, 6) is 0.295. The molecular weight excluding hydrogens is 255 g/mol. The molecule has 1 aromatic carbocycles. The number of anilines is 1. The smallest absolute Gasteiger partial charge is 0.139 e. The molecule has 3 N–H and O–H groups in total. The van der Waals surface area contributed by atoms with Crippen molar-refractivity contribution in [2.75, 3.05) is 11.9 Å². The van der Waals surface area contributed by atoms with Crippen molar-refractivity contribution >= 4 is 11.7 Å². The van der Waals surface area contributed by atoms with Gasteiger partial charge in [0.2, 0.25) is 0 Å². The van der Waals surface area contributed by atoms with Crippen LogP contribution in [0.4, 0.5) is 10.2 Å². The Morgan fingerprint density at radius 2 is 2.05 bits per heavy atom. The number of nitrogens with zero attached hydrogens (tertiary/aromatic N) is 2. The van der Waals surface area contributed by atoms with Crippen molar-refractivity contribution in [1.82, 2.24) is 4.98 Å². The van der Waals surface area contributed by atoms with Gasteiger partial charge < -0.3 is 10.6 Å². The van der Waals surface area contributed by atoms with E-state index in [0.717, 1.165) is 5.56 Å². The fourth-order valence-electron chi connectivity index (χ4n) is 2.12. The van der Waals surface area contributed by atoms with Gasteiger partial charge in [0.15, 0.2) is 0 Å². The molecule has 2 rings (SSSR count). The Hall–Kier alpha value is -2.43. The van der Waals surface area contributed by atoms with E-state index in [4.69, 9.17) is 11.1 Å². The predicted molar refractivity (Wildman–Crippen MR) is 78.5 cm³/mol. The van der Waals surface area contributed by atoms with Crippen LogP contribution in [0.2, 0.25) is 0 Å². The van der Waals surface area contributed by atoms with Gasteiger partial charge in [-0.15, -0.1) is 0 Å². The number of nitrogens with one attached hydrogen (secondary N) is 1. The van der Waals surface area contributed by atoms with Crippen LogP contribution >= 0.6 is 0 Å². The van der Waals surface area contributed by atoms with Crippen LogP contribution in [0, 0.1) is 18.2 Å². The van der Waals surface area contributed by atoms with Gasteiger partial charge in [0.1, 0.15) is 17.5 Å². The minimum absolute atomic E-state index is 0.0361. The van der Waals surface area contributed by atoms with Gasteiger partial charge in [-0.1, -0.05) is 18.2 Å². The van der Waals surface area contributed by atoms with Crippen molar-refractivity contribution in [1.29, 1.82) is 5.41 Å². The monoisotopic (exact) mass is 272 g/mol. The third kappa shape index (κ3) is 2.77. The van der Waals surface area contributed by atoms with Gasteiger partial charge in [-0.05, 0) is 24.6 Å². The molecule has 0 spiro atoms. The number of aryl methyl sites for hydroxylation is 1. The van der Waals surface area contributed by atoms with Gasteiger partial charge in [0.05, 0.1) is 5.56 Å². The second-order valence-corrected chi connectivity index (χ2v) is 4.69. The molecule has 0 fully saturated rings. The minimum atomic E-state index is -0.253. The molecule has 104 valence electrons. The summed E-state index contributed by atoms with van der Waals surface area (Å²) in [5, 5.41) is 7.67. The highest BCUT2D eigenvalue weighted by atomic mass is 19.1. The Kier molecular flexibility index (Phi) is 3.98. The van der Waals surface area contributed by atoms with Crippen LogP contribution in [0.25, 0.3) is 0 Å². The predicted octanol–water partition coefficient (Wildman–Crippen LogP) is 2.45. The second kappa shape index (κ2) is 5.69. The number of pyridine rings is 1. The number of aromatic nitrogens is 1. The number of hydrogen-bond donors (Lipinski definition) is 2. The molecule has 0 aliphatic rings. The van der Waals surface area contributed by atoms with E-state index in [9.17, 15) is 4.39 Å². The van der Waals surface area contributed by atoms with Crippen molar-refractivity contribution in [2.24, 2.45) is 5.73 Å². The summed E-state index contributed by atoms with van der Waals surface area (Å²) in [6, 6.07) is 8.41. The highest BCUT2D eigenvalue weighted by molar-refractivity contribution is 6.00. The average molecular weight is 272 g/mol. The van der Waals surface area contributed by atoms with E-state index in [1.165, 1.54) is 6.07 Å². The zero-order valence-corrected chi connectivity index (χ0v) is 11.5. The number of amidine groups is 1. The fraction of sp³-hybridized carbons (Fsp3) is 0.200. The molecule has 4 nitrogen and oxygen atoms in total. The molecule has 20 heavy (non-hydrogen) atoms. The first-order valence-corrected chi connectivity index (χ1v) is 6.25. The standard InChI is InChI=1S/C15H17FN4/c1-10-7-8-19-15(13(10)14(17)18)20(2)9-11-5-3-4-6-12(11)16/h3-8H,9H2,1-2H3,(H3,17,18). The quantitative estimate of drug-likeness (QED) is 0.663. The molecule has 1 heterocycles. The van der Waals surface area contributed by atoms with Crippen LogP contribution in [0.1, 0.15) is 16.7 Å². The van der Waals surface area contributed by atoms with Gasteiger partial charge in [-0.25, -0.2) is 9.37 Å². The molecule has 5 heteroatoms. The fourth-order valence-corrected chi connectivity index (χ4v) is 2.12. The van der Waals surface area contributed by atoms with Crippen LogP contribution in [0.5, 0.6) is 0 Å². The van der Waals surface area contributed by atoms with Gasteiger partial charge in [0.25, 0.3) is 0 Å². The van der Waals surface area contributed by atoms with Gasteiger partial charge in [-0.2, -0.15) is 0 Å². The largest absolute Gasteiger partial charge is 0.384 e. The summed E-state index contributed by atoms with van der Waals surface area (Å²) in [6.07, 6.45) is 1.66. The molecule has 2 aromatic rings. The molecule has 0 saturated carbocycles. The van der Waals surface area contributed by atoms with Crippen LogP contribution in [0.3, 0.4) is 0 Å². The van der Waals surface area contributed by atoms with Crippen molar-refractivity contribution in [2.45, 2.75) is 13.5 Å². The molecule has 0 unspecified atom stereocenters. The zero-order chi connectivity index (χ0) is 14.7. The molecule has 1 aromatic heterocycles. The van der Waals surface area contributed by atoms with E-state index in [2.05, 4.69) is 4.98 Å². The molecule has 0 atom stereocenters. The normalized spacial score (nSPS) is 10.3. The first kappa shape index (κ1) is 14.0. The van der Waals surface area contributed by atoms with Crippen molar-refractivity contribution in [3.05, 3.63) is 59.0 Å². The van der Waals surface area contributed by atoms with Crippen LogP contribution in [-0.4, -0.2) is 17.9 Å². The van der Waals surface area contributed by atoms with E-state index >= 15 is 0 Å². The lowest BCUT2D eigenvalue weighted by Gasteiger charge is -2.22. The first-order chi connectivity index (χ1) is 9.50. The second-order valence-electron chi connectivity index (χ2n) is 4.69. The maximum absolute atomic E-state index is 13.7. The molecular formula is C15H17FN4. The Labute approximate surface area is 117 Å². The van der Waals surface area contributed by atoms with Gasteiger partial charge in [0, 0.05) is 25.4 Å². The first-order valence-electron chi connectivity index (χ1n) is 6.25. The summed E-state index contributed by atoms with van der Waals surface area (Å²) in [4.78, 5) is 6.06. The zero-order valence-electron chi connectivity index (χ0n) is 11.5. The van der Waals surface area contributed by atoms with Gasteiger partial charge >= 0.3 is 0 Å². The lowest BCUT2D eigenvalue weighted by Crippen LogP contribution is -2.24. The third-order valence-corrected chi connectivity index (χ3v) is 3.14. The van der Waals surface area contributed by atoms with Crippen molar-refractivity contribution in [3.63, 3.8) is 0 Å². The third-order valence-electron chi connectivity index (χ3n) is 3.14.